The number of amides is 2. The second-order valence-electron chi connectivity index (χ2n) is 5.09. The molecule has 0 aromatic rings. The zero-order valence-corrected chi connectivity index (χ0v) is 11.6. The van der Waals surface area contributed by atoms with Gasteiger partial charge in [-0.05, 0) is 36.9 Å². The van der Waals surface area contributed by atoms with E-state index in [0.29, 0.717) is 12.3 Å². The van der Waals surface area contributed by atoms with Gasteiger partial charge < -0.3 is 10.6 Å². The van der Waals surface area contributed by atoms with Gasteiger partial charge in [-0.15, -0.1) is 0 Å². The minimum Gasteiger partial charge on any atom is -0.302 e. The van der Waals surface area contributed by atoms with Crippen LogP contribution >= 0.6 is 12.2 Å². The third kappa shape index (κ3) is 2.49. The topological polar surface area (TPSA) is 58.2 Å². The van der Waals surface area contributed by atoms with Crippen molar-refractivity contribution in [2.75, 3.05) is 0 Å². The van der Waals surface area contributed by atoms with Crippen LogP contribution in [0, 0.1) is 17.3 Å². The summed E-state index contributed by atoms with van der Waals surface area (Å²) in [5, 5.41) is 5.24. The standard InChI is InChI=1S/C12H20N2O2S/c1-5-12(8(4)6-7(2)3)9(15)13-11(17)14-10(12)16/h7-8H,5-6H2,1-4H3,(H2,13,14,15,16,17). The number of carbonyl (C=O) groups is 2. The van der Waals surface area contributed by atoms with E-state index >= 15 is 0 Å². The molecule has 1 saturated heterocycles. The molecule has 0 aliphatic carbocycles. The van der Waals surface area contributed by atoms with Gasteiger partial charge in [-0.1, -0.05) is 27.7 Å². The van der Waals surface area contributed by atoms with Crippen molar-refractivity contribution in [1.82, 2.24) is 10.6 Å². The summed E-state index contributed by atoms with van der Waals surface area (Å²) in [6.07, 6.45) is 1.32. The van der Waals surface area contributed by atoms with Crippen molar-refractivity contribution in [1.29, 1.82) is 0 Å². The lowest BCUT2D eigenvalue weighted by molar-refractivity contribution is -0.148. The summed E-state index contributed by atoms with van der Waals surface area (Å²) < 4.78 is 0. The fourth-order valence-corrected chi connectivity index (χ4v) is 2.77. The van der Waals surface area contributed by atoms with Crippen molar-refractivity contribution in [3.8, 4) is 0 Å². The molecule has 5 heteroatoms. The third-order valence-electron chi connectivity index (χ3n) is 3.49. The quantitative estimate of drug-likeness (QED) is 0.593. The Labute approximate surface area is 108 Å². The highest BCUT2D eigenvalue weighted by atomic mass is 32.1. The average Bonchev–Trinajstić information content (AvgIpc) is 2.16. The van der Waals surface area contributed by atoms with Crippen molar-refractivity contribution >= 4 is 29.1 Å². The van der Waals surface area contributed by atoms with Crippen molar-refractivity contribution in [3.63, 3.8) is 0 Å². The number of carbonyl (C=O) groups excluding carboxylic acids is 2. The van der Waals surface area contributed by atoms with E-state index in [9.17, 15) is 9.59 Å². The molecule has 1 heterocycles. The Morgan fingerprint density at radius 3 is 2.00 bits per heavy atom. The van der Waals surface area contributed by atoms with Gasteiger partial charge in [0.1, 0.15) is 5.41 Å². The van der Waals surface area contributed by atoms with Gasteiger partial charge in [0, 0.05) is 0 Å². The minimum absolute atomic E-state index is 0.00407. The molecular formula is C12H20N2O2S. The first kappa shape index (κ1) is 14.1. The average molecular weight is 256 g/mol. The van der Waals surface area contributed by atoms with Crippen molar-refractivity contribution in [2.45, 2.75) is 40.5 Å². The Balaban J connectivity index is 3.04. The van der Waals surface area contributed by atoms with Crippen LogP contribution in [-0.4, -0.2) is 16.9 Å². The molecule has 0 bridgehead atoms. The smallest absolute Gasteiger partial charge is 0.242 e. The van der Waals surface area contributed by atoms with Crippen LogP contribution in [0.2, 0.25) is 0 Å². The van der Waals surface area contributed by atoms with E-state index in [1.807, 2.05) is 13.8 Å². The van der Waals surface area contributed by atoms with Gasteiger partial charge in [-0.2, -0.15) is 0 Å². The van der Waals surface area contributed by atoms with Crippen molar-refractivity contribution in [3.05, 3.63) is 0 Å². The van der Waals surface area contributed by atoms with Gasteiger partial charge in [-0.25, -0.2) is 0 Å². The van der Waals surface area contributed by atoms with E-state index in [2.05, 4.69) is 24.5 Å². The predicted octanol–water partition coefficient (Wildman–Crippen LogP) is 1.60. The molecule has 2 amide bonds. The molecule has 96 valence electrons. The van der Waals surface area contributed by atoms with Gasteiger partial charge in [-0.3, -0.25) is 9.59 Å². The molecule has 0 radical (unpaired) electrons. The first-order valence-corrected chi connectivity index (χ1v) is 6.42. The molecule has 4 nitrogen and oxygen atoms in total. The van der Waals surface area contributed by atoms with Crippen LogP contribution < -0.4 is 10.6 Å². The molecule has 1 atom stereocenters. The number of hydrogen-bond donors (Lipinski definition) is 2. The van der Waals surface area contributed by atoms with E-state index in [1.54, 1.807) is 0 Å². The van der Waals surface area contributed by atoms with Gasteiger partial charge in [0.25, 0.3) is 0 Å². The van der Waals surface area contributed by atoms with E-state index < -0.39 is 5.41 Å². The lowest BCUT2D eigenvalue weighted by Gasteiger charge is -2.39. The third-order valence-corrected chi connectivity index (χ3v) is 3.69. The van der Waals surface area contributed by atoms with Crippen LogP contribution in [0.3, 0.4) is 0 Å². The zero-order valence-electron chi connectivity index (χ0n) is 10.8. The summed E-state index contributed by atoms with van der Waals surface area (Å²) >= 11 is 4.82. The molecule has 0 aromatic carbocycles. The molecule has 0 spiro atoms. The summed E-state index contributed by atoms with van der Waals surface area (Å²) in [5.41, 5.74) is -0.980. The first-order chi connectivity index (χ1) is 7.84. The summed E-state index contributed by atoms with van der Waals surface area (Å²) in [6.45, 7) is 7.99. The Morgan fingerprint density at radius 2 is 1.65 bits per heavy atom. The molecule has 1 aliphatic rings. The van der Waals surface area contributed by atoms with Crippen LogP contribution in [0.4, 0.5) is 0 Å². The minimum atomic E-state index is -0.980. The molecule has 1 fully saturated rings. The summed E-state index contributed by atoms with van der Waals surface area (Å²) in [6, 6.07) is 0. The van der Waals surface area contributed by atoms with Crippen molar-refractivity contribution in [2.24, 2.45) is 17.3 Å². The highest BCUT2D eigenvalue weighted by molar-refractivity contribution is 7.80. The van der Waals surface area contributed by atoms with Gasteiger partial charge in [0.2, 0.25) is 11.8 Å². The van der Waals surface area contributed by atoms with Crippen LogP contribution in [0.1, 0.15) is 40.5 Å². The molecule has 0 aromatic heterocycles. The fraction of sp³-hybridized carbons (Fsp3) is 0.750. The highest BCUT2D eigenvalue weighted by Gasteiger charge is 2.51. The van der Waals surface area contributed by atoms with Crippen LogP contribution in [0.5, 0.6) is 0 Å². The molecule has 2 N–H and O–H groups in total. The maximum absolute atomic E-state index is 12.1. The van der Waals surface area contributed by atoms with Gasteiger partial charge >= 0.3 is 0 Å². The summed E-state index contributed by atoms with van der Waals surface area (Å²) in [5.74, 6) is -0.0812. The van der Waals surface area contributed by atoms with Crippen LogP contribution in [-0.2, 0) is 9.59 Å². The fourth-order valence-electron chi connectivity index (χ4n) is 2.59. The molecular weight excluding hydrogens is 236 g/mol. The van der Waals surface area contributed by atoms with Crippen LogP contribution in [0.25, 0.3) is 0 Å². The monoisotopic (exact) mass is 256 g/mol. The normalized spacial score (nSPS) is 21.1. The zero-order chi connectivity index (χ0) is 13.2. The van der Waals surface area contributed by atoms with Gasteiger partial charge in [0.15, 0.2) is 5.11 Å². The number of thiocarbonyl (C=S) groups is 1. The maximum Gasteiger partial charge on any atom is 0.242 e. The summed E-state index contributed by atoms with van der Waals surface area (Å²) in [4.78, 5) is 24.3. The Kier molecular flexibility index (Phi) is 4.25. The van der Waals surface area contributed by atoms with Crippen LogP contribution in [0.15, 0.2) is 0 Å². The Bertz CT molecular complexity index is 332. The predicted molar refractivity (Wildman–Crippen MR) is 70.2 cm³/mol. The number of hydrogen-bond acceptors (Lipinski definition) is 3. The molecule has 0 saturated carbocycles. The second-order valence-corrected chi connectivity index (χ2v) is 5.50. The molecule has 1 unspecified atom stereocenters. The highest BCUT2D eigenvalue weighted by Crippen LogP contribution is 2.37. The summed E-state index contributed by atoms with van der Waals surface area (Å²) in [7, 11) is 0. The van der Waals surface area contributed by atoms with E-state index in [-0.39, 0.29) is 22.8 Å². The Morgan fingerprint density at radius 1 is 1.18 bits per heavy atom. The van der Waals surface area contributed by atoms with E-state index in [4.69, 9.17) is 12.2 Å². The van der Waals surface area contributed by atoms with E-state index in [1.165, 1.54) is 0 Å². The maximum atomic E-state index is 12.1. The van der Waals surface area contributed by atoms with E-state index in [0.717, 1.165) is 6.42 Å². The largest absolute Gasteiger partial charge is 0.302 e. The number of rotatable bonds is 4. The molecule has 17 heavy (non-hydrogen) atoms. The molecule has 1 rings (SSSR count). The van der Waals surface area contributed by atoms with Gasteiger partial charge in [0.05, 0.1) is 0 Å². The lowest BCUT2D eigenvalue weighted by Crippen LogP contribution is -2.64. The van der Waals surface area contributed by atoms with Crippen molar-refractivity contribution < 1.29 is 9.59 Å². The Hall–Kier alpha value is -0.970. The lowest BCUT2D eigenvalue weighted by atomic mass is 9.69. The number of nitrogens with one attached hydrogen (secondary N) is 2. The first-order valence-electron chi connectivity index (χ1n) is 6.01. The SMILES string of the molecule is CCC1(C(C)CC(C)C)C(=O)NC(=S)NC1=O. The molecule has 1 aliphatic heterocycles. The second kappa shape index (κ2) is 5.12.